The van der Waals surface area contributed by atoms with Crippen molar-refractivity contribution in [3.05, 3.63) is 23.9 Å². The molecule has 0 aliphatic carbocycles. The van der Waals surface area contributed by atoms with Crippen molar-refractivity contribution < 1.29 is 14.3 Å². The topological polar surface area (TPSA) is 74.8 Å². The minimum atomic E-state index is -0.508. The fourth-order valence-electron chi connectivity index (χ4n) is 3.79. The average Bonchev–Trinajstić information content (AvgIpc) is 2.67. The summed E-state index contributed by atoms with van der Waals surface area (Å²) in [6, 6.07) is 3.75. The van der Waals surface area contributed by atoms with Crippen LogP contribution in [0.3, 0.4) is 0 Å². The molecule has 7 nitrogen and oxygen atoms in total. The number of piperidine rings is 2. The first kappa shape index (κ1) is 20.4. The van der Waals surface area contributed by atoms with Gasteiger partial charge in [0.25, 0.3) is 5.91 Å². The molecular weight excluding hydrogens is 356 g/mol. The van der Waals surface area contributed by atoms with E-state index < -0.39 is 11.7 Å². The minimum absolute atomic E-state index is 0.0318. The molecule has 154 valence electrons. The fourth-order valence-corrected chi connectivity index (χ4v) is 3.79. The van der Waals surface area contributed by atoms with Gasteiger partial charge < -0.3 is 19.9 Å². The van der Waals surface area contributed by atoms with Gasteiger partial charge in [-0.25, -0.2) is 9.78 Å². The van der Waals surface area contributed by atoms with E-state index >= 15 is 0 Å². The van der Waals surface area contributed by atoms with Gasteiger partial charge in [-0.3, -0.25) is 4.79 Å². The second-order valence-corrected chi connectivity index (χ2v) is 8.63. The molecule has 0 bridgehead atoms. The molecule has 2 aliphatic rings. The van der Waals surface area contributed by atoms with Crippen LogP contribution in [0.2, 0.25) is 0 Å². The number of ether oxygens (including phenoxy) is 1. The summed E-state index contributed by atoms with van der Waals surface area (Å²) in [6.45, 7) is 8.70. The van der Waals surface area contributed by atoms with Crippen LogP contribution >= 0.6 is 0 Å². The van der Waals surface area contributed by atoms with Crippen LogP contribution in [0.4, 0.5) is 10.6 Å². The summed E-state index contributed by atoms with van der Waals surface area (Å²) in [6.07, 6.45) is 6.35. The molecule has 2 aliphatic heterocycles. The largest absolute Gasteiger partial charge is 0.444 e. The molecule has 0 radical (unpaired) electrons. The molecule has 3 rings (SSSR count). The monoisotopic (exact) mass is 388 g/mol. The quantitative estimate of drug-likeness (QED) is 0.861. The summed E-state index contributed by atoms with van der Waals surface area (Å²) in [5.41, 5.74) is 0.175. The van der Waals surface area contributed by atoms with Crippen molar-refractivity contribution in [2.24, 2.45) is 0 Å². The SMILES string of the molecule is CC(C)(C)OC(=O)NC1CCN(C(=O)c2cccnc2N2CCCCC2)CC1. The van der Waals surface area contributed by atoms with Crippen LogP contribution in [-0.2, 0) is 4.74 Å². The van der Waals surface area contributed by atoms with E-state index in [1.165, 1.54) is 6.42 Å². The van der Waals surface area contributed by atoms with Crippen LogP contribution in [0.1, 0.15) is 63.2 Å². The zero-order valence-corrected chi connectivity index (χ0v) is 17.2. The Morgan fingerprint density at radius 1 is 1.11 bits per heavy atom. The standard InChI is InChI=1S/C21H32N4O3/c1-21(2,3)28-20(27)23-16-9-14-25(15-10-16)19(26)17-8-7-11-22-18(17)24-12-5-4-6-13-24/h7-8,11,16H,4-6,9-10,12-15H2,1-3H3,(H,23,27). The van der Waals surface area contributed by atoms with Crippen LogP contribution in [-0.4, -0.2) is 59.7 Å². The van der Waals surface area contributed by atoms with Crippen LogP contribution in [0.15, 0.2) is 18.3 Å². The number of amides is 2. The van der Waals surface area contributed by atoms with Crippen molar-refractivity contribution in [3.8, 4) is 0 Å². The number of likely N-dealkylation sites (tertiary alicyclic amines) is 1. The highest BCUT2D eigenvalue weighted by molar-refractivity contribution is 5.99. The molecule has 1 N–H and O–H groups in total. The summed E-state index contributed by atoms with van der Waals surface area (Å²) in [5.74, 6) is 0.839. The molecule has 7 heteroatoms. The van der Waals surface area contributed by atoms with Crippen molar-refractivity contribution in [3.63, 3.8) is 0 Å². The highest BCUT2D eigenvalue weighted by atomic mass is 16.6. The van der Waals surface area contributed by atoms with Crippen LogP contribution in [0, 0.1) is 0 Å². The second kappa shape index (κ2) is 8.80. The van der Waals surface area contributed by atoms with Gasteiger partial charge >= 0.3 is 6.09 Å². The van der Waals surface area contributed by atoms with Gasteiger partial charge in [-0.15, -0.1) is 0 Å². The summed E-state index contributed by atoms with van der Waals surface area (Å²) in [5, 5.41) is 2.92. The van der Waals surface area contributed by atoms with Gasteiger partial charge in [0.15, 0.2) is 0 Å². The van der Waals surface area contributed by atoms with Crippen LogP contribution in [0.25, 0.3) is 0 Å². The van der Waals surface area contributed by atoms with Crippen molar-refractivity contribution in [2.75, 3.05) is 31.1 Å². The Hall–Kier alpha value is -2.31. The van der Waals surface area contributed by atoms with Gasteiger partial charge in [0.1, 0.15) is 11.4 Å². The molecule has 3 heterocycles. The first-order chi connectivity index (χ1) is 13.3. The lowest BCUT2D eigenvalue weighted by Gasteiger charge is -2.34. The normalized spacial score (nSPS) is 18.7. The lowest BCUT2D eigenvalue weighted by atomic mass is 10.0. The molecule has 0 aromatic carbocycles. The number of nitrogens with zero attached hydrogens (tertiary/aromatic N) is 3. The zero-order chi connectivity index (χ0) is 20.1. The molecule has 2 fully saturated rings. The average molecular weight is 389 g/mol. The number of pyridine rings is 1. The number of carbonyl (C=O) groups is 2. The maximum atomic E-state index is 13.1. The number of carbonyl (C=O) groups excluding carboxylic acids is 2. The van der Waals surface area contributed by atoms with E-state index in [9.17, 15) is 9.59 Å². The third kappa shape index (κ3) is 5.36. The summed E-state index contributed by atoms with van der Waals surface area (Å²) in [7, 11) is 0. The molecule has 2 saturated heterocycles. The molecule has 28 heavy (non-hydrogen) atoms. The van der Waals surface area contributed by atoms with Gasteiger partial charge in [-0.1, -0.05) is 0 Å². The second-order valence-electron chi connectivity index (χ2n) is 8.63. The van der Waals surface area contributed by atoms with Gasteiger partial charge in [0.2, 0.25) is 0 Å². The Labute approximate surface area is 167 Å². The van der Waals surface area contributed by atoms with E-state index in [4.69, 9.17) is 4.74 Å². The van der Waals surface area contributed by atoms with Crippen molar-refractivity contribution in [1.82, 2.24) is 15.2 Å². The van der Waals surface area contributed by atoms with Gasteiger partial charge in [-0.05, 0) is 65.0 Å². The van der Waals surface area contributed by atoms with Crippen LogP contribution in [0.5, 0.6) is 0 Å². The summed E-state index contributed by atoms with van der Waals surface area (Å²) >= 11 is 0. The lowest BCUT2D eigenvalue weighted by Crippen LogP contribution is -2.48. The van der Waals surface area contributed by atoms with Gasteiger partial charge in [0, 0.05) is 38.4 Å². The fraction of sp³-hybridized carbons (Fsp3) is 0.667. The van der Waals surface area contributed by atoms with Gasteiger partial charge in [0.05, 0.1) is 5.56 Å². The molecule has 1 aromatic heterocycles. The highest BCUT2D eigenvalue weighted by Crippen LogP contribution is 2.24. The first-order valence-corrected chi connectivity index (χ1v) is 10.3. The van der Waals surface area contributed by atoms with E-state index in [1.807, 2.05) is 37.8 Å². The number of hydrogen-bond acceptors (Lipinski definition) is 5. The number of rotatable bonds is 3. The summed E-state index contributed by atoms with van der Waals surface area (Å²) in [4.78, 5) is 33.7. The first-order valence-electron chi connectivity index (χ1n) is 10.3. The molecule has 0 atom stereocenters. The smallest absolute Gasteiger partial charge is 0.407 e. The van der Waals surface area contributed by atoms with E-state index in [-0.39, 0.29) is 11.9 Å². The zero-order valence-electron chi connectivity index (χ0n) is 17.2. The maximum Gasteiger partial charge on any atom is 0.407 e. The number of aromatic nitrogens is 1. The van der Waals surface area contributed by atoms with E-state index in [2.05, 4.69) is 15.2 Å². The summed E-state index contributed by atoms with van der Waals surface area (Å²) < 4.78 is 5.32. The third-order valence-corrected chi connectivity index (χ3v) is 5.18. The Bertz CT molecular complexity index is 687. The minimum Gasteiger partial charge on any atom is -0.444 e. The lowest BCUT2D eigenvalue weighted by molar-refractivity contribution is 0.0473. The Balaban J connectivity index is 1.58. The van der Waals surface area contributed by atoms with Gasteiger partial charge in [-0.2, -0.15) is 0 Å². The maximum absolute atomic E-state index is 13.1. The molecule has 1 aromatic rings. The Morgan fingerprint density at radius 3 is 2.43 bits per heavy atom. The predicted molar refractivity (Wildman–Crippen MR) is 109 cm³/mol. The van der Waals surface area contributed by atoms with Crippen molar-refractivity contribution in [1.29, 1.82) is 0 Å². The van der Waals surface area contributed by atoms with Crippen molar-refractivity contribution >= 4 is 17.8 Å². The van der Waals surface area contributed by atoms with E-state index in [1.54, 1.807) is 6.20 Å². The third-order valence-electron chi connectivity index (χ3n) is 5.18. The number of anilines is 1. The molecule has 0 saturated carbocycles. The Kier molecular flexibility index (Phi) is 6.42. The molecule has 0 unspecified atom stereocenters. The van der Waals surface area contributed by atoms with E-state index in [0.717, 1.165) is 44.6 Å². The highest BCUT2D eigenvalue weighted by Gasteiger charge is 2.28. The van der Waals surface area contributed by atoms with Crippen LogP contribution < -0.4 is 10.2 Å². The number of nitrogens with one attached hydrogen (secondary N) is 1. The Morgan fingerprint density at radius 2 is 1.79 bits per heavy atom. The molecule has 0 spiro atoms. The van der Waals surface area contributed by atoms with E-state index in [0.29, 0.717) is 18.7 Å². The number of hydrogen-bond donors (Lipinski definition) is 1. The van der Waals surface area contributed by atoms with Crippen molar-refractivity contribution in [2.45, 2.75) is 64.5 Å². The molecule has 2 amide bonds. The molecular formula is C21H32N4O3. The number of alkyl carbamates (subject to hydrolysis) is 1. The predicted octanol–water partition coefficient (Wildman–Crippen LogP) is 3.20.